The Labute approximate surface area is 109 Å². The first-order chi connectivity index (χ1) is 9.02. The average molecular weight is 270 g/mol. The number of aryl methyl sites for hydroxylation is 1. The van der Waals surface area contributed by atoms with E-state index in [1.54, 1.807) is 6.92 Å². The molecule has 1 N–H and O–H groups in total. The van der Waals surface area contributed by atoms with Gasteiger partial charge in [0.1, 0.15) is 0 Å². The molecule has 106 valence electrons. The fourth-order valence-corrected chi connectivity index (χ4v) is 1.68. The molecule has 1 heterocycles. The Hall–Kier alpha value is -1.96. The number of rotatable bonds is 7. The second kappa shape index (κ2) is 6.83. The Bertz CT molecular complexity index is 561. The molecular formula is C11H18N4O4. The van der Waals surface area contributed by atoms with Crippen molar-refractivity contribution in [3.05, 3.63) is 37.1 Å². The van der Waals surface area contributed by atoms with Crippen LogP contribution in [0.3, 0.4) is 0 Å². The lowest BCUT2D eigenvalue weighted by molar-refractivity contribution is -0.387. The summed E-state index contributed by atoms with van der Waals surface area (Å²) in [5.41, 5.74) is -1.94. The Balaban J connectivity index is 3.14. The molecule has 0 aromatic carbocycles. The minimum atomic E-state index is -0.849. The predicted octanol–water partition coefficient (Wildman–Crippen LogP) is -0.0623. The quantitative estimate of drug-likeness (QED) is 0.425. The normalized spacial score (nSPS) is 10.6. The molecule has 19 heavy (non-hydrogen) atoms. The van der Waals surface area contributed by atoms with Crippen molar-refractivity contribution in [2.45, 2.75) is 33.4 Å². The standard InChI is InChI=1S/C11H18N4O4/c1-3-5-12-6-7-14-10(16)9(15(18)19)8-13(4-2)11(14)17/h8,12H,3-7H2,1-2H3. The van der Waals surface area contributed by atoms with E-state index in [2.05, 4.69) is 5.32 Å². The summed E-state index contributed by atoms with van der Waals surface area (Å²) in [6.07, 6.45) is 1.93. The summed E-state index contributed by atoms with van der Waals surface area (Å²) in [4.78, 5) is 33.8. The molecule has 1 rings (SSSR count). The third-order valence-corrected chi connectivity index (χ3v) is 2.70. The van der Waals surface area contributed by atoms with Gasteiger partial charge in [-0.3, -0.25) is 24.0 Å². The zero-order valence-electron chi connectivity index (χ0n) is 11.1. The van der Waals surface area contributed by atoms with Crippen LogP contribution in [0.4, 0.5) is 5.69 Å². The molecular weight excluding hydrogens is 252 g/mol. The maximum absolute atomic E-state index is 11.9. The monoisotopic (exact) mass is 270 g/mol. The molecule has 0 aliphatic rings. The Morgan fingerprint density at radius 3 is 2.53 bits per heavy atom. The Morgan fingerprint density at radius 1 is 1.32 bits per heavy atom. The van der Waals surface area contributed by atoms with Crippen molar-refractivity contribution in [2.75, 3.05) is 13.1 Å². The van der Waals surface area contributed by atoms with Gasteiger partial charge in [-0.15, -0.1) is 0 Å². The van der Waals surface area contributed by atoms with Crippen LogP contribution in [-0.2, 0) is 13.1 Å². The van der Waals surface area contributed by atoms with Gasteiger partial charge in [-0.1, -0.05) is 6.92 Å². The van der Waals surface area contributed by atoms with E-state index in [-0.39, 0.29) is 13.1 Å². The minimum absolute atomic E-state index is 0.124. The van der Waals surface area contributed by atoms with Crippen LogP contribution in [0, 0.1) is 10.1 Å². The van der Waals surface area contributed by atoms with Gasteiger partial charge < -0.3 is 5.32 Å². The molecule has 0 radical (unpaired) electrons. The molecule has 0 spiro atoms. The van der Waals surface area contributed by atoms with Crippen LogP contribution >= 0.6 is 0 Å². The van der Waals surface area contributed by atoms with Gasteiger partial charge in [0.15, 0.2) is 0 Å². The predicted molar refractivity (Wildman–Crippen MR) is 70.5 cm³/mol. The van der Waals surface area contributed by atoms with Gasteiger partial charge in [0.2, 0.25) is 0 Å². The van der Waals surface area contributed by atoms with E-state index in [9.17, 15) is 19.7 Å². The van der Waals surface area contributed by atoms with Gasteiger partial charge in [0.25, 0.3) is 0 Å². The number of aromatic nitrogens is 2. The fourth-order valence-electron chi connectivity index (χ4n) is 1.68. The number of nitrogens with zero attached hydrogens (tertiary/aromatic N) is 3. The summed E-state index contributed by atoms with van der Waals surface area (Å²) < 4.78 is 2.07. The highest BCUT2D eigenvalue weighted by Gasteiger charge is 2.18. The highest BCUT2D eigenvalue weighted by molar-refractivity contribution is 5.21. The molecule has 0 fully saturated rings. The maximum Gasteiger partial charge on any atom is 0.350 e. The van der Waals surface area contributed by atoms with Crippen LogP contribution < -0.4 is 16.6 Å². The van der Waals surface area contributed by atoms with Crippen LogP contribution in [0.2, 0.25) is 0 Å². The van der Waals surface area contributed by atoms with Crippen molar-refractivity contribution in [3.63, 3.8) is 0 Å². The fraction of sp³-hybridized carbons (Fsp3) is 0.636. The molecule has 0 aliphatic heterocycles. The zero-order chi connectivity index (χ0) is 14.4. The summed E-state index contributed by atoms with van der Waals surface area (Å²) in [5, 5.41) is 13.8. The summed E-state index contributed by atoms with van der Waals surface area (Å²) in [5.74, 6) is 0. The number of hydrogen-bond acceptors (Lipinski definition) is 5. The molecule has 0 aliphatic carbocycles. The Kier molecular flexibility index (Phi) is 5.43. The van der Waals surface area contributed by atoms with Crippen LogP contribution in [0.5, 0.6) is 0 Å². The molecule has 0 bridgehead atoms. The first-order valence-corrected chi connectivity index (χ1v) is 6.22. The Morgan fingerprint density at radius 2 is 2.00 bits per heavy atom. The summed E-state index contributed by atoms with van der Waals surface area (Å²) in [6, 6.07) is 0. The highest BCUT2D eigenvalue weighted by Crippen LogP contribution is 2.00. The molecule has 0 saturated carbocycles. The minimum Gasteiger partial charge on any atom is -0.315 e. The SMILES string of the molecule is CCCNCCn1c(=O)c([N+](=O)[O-])cn(CC)c1=O. The van der Waals surface area contributed by atoms with E-state index in [0.29, 0.717) is 6.54 Å². The lowest BCUT2D eigenvalue weighted by Gasteiger charge is -2.09. The molecule has 0 unspecified atom stereocenters. The van der Waals surface area contributed by atoms with Crippen LogP contribution in [0.1, 0.15) is 20.3 Å². The van der Waals surface area contributed by atoms with Crippen molar-refractivity contribution in [1.29, 1.82) is 0 Å². The molecule has 0 saturated heterocycles. The van der Waals surface area contributed by atoms with Crippen molar-refractivity contribution in [2.24, 2.45) is 0 Å². The number of nitro groups is 1. The summed E-state index contributed by atoms with van der Waals surface area (Å²) in [7, 11) is 0. The van der Waals surface area contributed by atoms with E-state index in [1.165, 1.54) is 4.57 Å². The van der Waals surface area contributed by atoms with Gasteiger partial charge in [-0.2, -0.15) is 0 Å². The van der Waals surface area contributed by atoms with Crippen LogP contribution in [-0.4, -0.2) is 27.1 Å². The van der Waals surface area contributed by atoms with E-state index in [1.807, 2.05) is 6.92 Å². The van der Waals surface area contributed by atoms with E-state index in [0.717, 1.165) is 23.7 Å². The van der Waals surface area contributed by atoms with E-state index in [4.69, 9.17) is 0 Å². The van der Waals surface area contributed by atoms with Gasteiger partial charge in [0, 0.05) is 19.6 Å². The van der Waals surface area contributed by atoms with E-state index < -0.39 is 21.9 Å². The maximum atomic E-state index is 11.9. The van der Waals surface area contributed by atoms with Gasteiger partial charge in [0.05, 0.1) is 11.1 Å². The van der Waals surface area contributed by atoms with Gasteiger partial charge in [-0.25, -0.2) is 4.79 Å². The van der Waals surface area contributed by atoms with Gasteiger partial charge in [-0.05, 0) is 19.9 Å². The first kappa shape index (κ1) is 15.1. The smallest absolute Gasteiger partial charge is 0.315 e. The lowest BCUT2D eigenvalue weighted by Crippen LogP contribution is -2.42. The van der Waals surface area contributed by atoms with Crippen LogP contribution in [0.15, 0.2) is 15.8 Å². The molecule has 1 aromatic heterocycles. The molecule has 0 amide bonds. The lowest BCUT2D eigenvalue weighted by atomic mass is 10.4. The highest BCUT2D eigenvalue weighted by atomic mass is 16.6. The van der Waals surface area contributed by atoms with Crippen molar-refractivity contribution in [3.8, 4) is 0 Å². The second-order valence-electron chi connectivity index (χ2n) is 4.05. The summed E-state index contributed by atoms with van der Waals surface area (Å²) >= 11 is 0. The molecule has 8 nitrogen and oxygen atoms in total. The third-order valence-electron chi connectivity index (χ3n) is 2.70. The van der Waals surface area contributed by atoms with Crippen molar-refractivity contribution in [1.82, 2.24) is 14.5 Å². The molecule has 8 heteroatoms. The molecule has 1 aromatic rings. The third kappa shape index (κ3) is 3.50. The van der Waals surface area contributed by atoms with E-state index >= 15 is 0 Å². The van der Waals surface area contributed by atoms with Crippen molar-refractivity contribution >= 4 is 5.69 Å². The topological polar surface area (TPSA) is 99.2 Å². The molecule has 0 atom stereocenters. The second-order valence-corrected chi connectivity index (χ2v) is 4.05. The largest absolute Gasteiger partial charge is 0.350 e. The first-order valence-electron chi connectivity index (χ1n) is 6.22. The number of hydrogen-bond donors (Lipinski definition) is 1. The summed E-state index contributed by atoms with van der Waals surface area (Å²) in [6.45, 7) is 5.28. The number of nitrogens with one attached hydrogen (secondary N) is 1. The zero-order valence-corrected chi connectivity index (χ0v) is 11.1. The average Bonchev–Trinajstić information content (AvgIpc) is 2.37. The van der Waals surface area contributed by atoms with Crippen LogP contribution in [0.25, 0.3) is 0 Å². The van der Waals surface area contributed by atoms with Gasteiger partial charge >= 0.3 is 16.9 Å². The van der Waals surface area contributed by atoms with Crippen molar-refractivity contribution < 1.29 is 4.92 Å².